The molecule has 2 fully saturated rings. The molecule has 0 spiro atoms. The van der Waals surface area contributed by atoms with Gasteiger partial charge in [-0.05, 0) is 7.05 Å². The fourth-order valence-corrected chi connectivity index (χ4v) is 2.02. The van der Waals surface area contributed by atoms with Crippen molar-refractivity contribution in [3.8, 4) is 0 Å². The van der Waals surface area contributed by atoms with E-state index in [2.05, 4.69) is 11.9 Å². The van der Waals surface area contributed by atoms with Crippen LogP contribution in [-0.4, -0.2) is 68.7 Å². The molecule has 0 aromatic rings. The summed E-state index contributed by atoms with van der Waals surface area (Å²) in [6.45, 7) is 4.93. The van der Waals surface area contributed by atoms with E-state index in [9.17, 15) is 4.79 Å². The summed E-state index contributed by atoms with van der Waals surface area (Å²) in [7, 11) is 2.08. The predicted octanol–water partition coefficient (Wildman–Crippen LogP) is -1.26. The van der Waals surface area contributed by atoms with Crippen LogP contribution in [0.15, 0.2) is 0 Å². The molecule has 2 heterocycles. The van der Waals surface area contributed by atoms with Crippen LogP contribution in [0.5, 0.6) is 0 Å². The average Bonchev–Trinajstić information content (AvgIpc) is 2.18. The molecule has 0 radical (unpaired) electrons. The maximum absolute atomic E-state index is 12.2. The Balaban J connectivity index is 1.95. The molecule has 5 heteroatoms. The summed E-state index contributed by atoms with van der Waals surface area (Å²) in [6, 6.07) is 0. The molecule has 2 saturated heterocycles. The summed E-state index contributed by atoms with van der Waals surface area (Å²) < 4.78 is 5.12. The smallest absolute Gasteiger partial charge is 0.234 e. The van der Waals surface area contributed by atoms with E-state index in [4.69, 9.17) is 10.5 Å². The van der Waals surface area contributed by atoms with Crippen LogP contribution in [0.25, 0.3) is 0 Å². The Labute approximate surface area is 90.1 Å². The molecule has 15 heavy (non-hydrogen) atoms. The van der Waals surface area contributed by atoms with Crippen LogP contribution in [0.4, 0.5) is 0 Å². The monoisotopic (exact) mass is 213 g/mol. The highest BCUT2D eigenvalue weighted by atomic mass is 16.5. The zero-order chi connectivity index (χ0) is 10.9. The Morgan fingerprint density at radius 2 is 1.93 bits per heavy atom. The molecule has 2 aliphatic heterocycles. The topological polar surface area (TPSA) is 58.8 Å². The quantitative estimate of drug-likeness (QED) is 0.622. The standard InChI is InChI=1S/C10H19N3O2/c1-12-2-4-13(5-3-12)9(14)10(6-11)7-15-8-10/h2-8,11H2,1H3. The average molecular weight is 213 g/mol. The van der Waals surface area contributed by atoms with E-state index in [0.29, 0.717) is 19.8 Å². The van der Waals surface area contributed by atoms with Gasteiger partial charge in [0.1, 0.15) is 5.41 Å². The van der Waals surface area contributed by atoms with E-state index < -0.39 is 5.41 Å². The van der Waals surface area contributed by atoms with E-state index in [1.807, 2.05) is 4.90 Å². The minimum Gasteiger partial charge on any atom is -0.379 e. The second kappa shape index (κ2) is 4.08. The number of likely N-dealkylation sites (N-methyl/N-ethyl adjacent to an activating group) is 1. The molecule has 86 valence electrons. The Hall–Kier alpha value is -0.650. The van der Waals surface area contributed by atoms with E-state index in [1.165, 1.54) is 0 Å². The molecular formula is C10H19N3O2. The normalized spacial score (nSPS) is 26.1. The van der Waals surface area contributed by atoms with Crippen molar-refractivity contribution in [2.75, 3.05) is 53.0 Å². The van der Waals surface area contributed by atoms with Crippen molar-refractivity contribution in [3.05, 3.63) is 0 Å². The van der Waals surface area contributed by atoms with Crippen molar-refractivity contribution < 1.29 is 9.53 Å². The molecule has 0 bridgehead atoms. The lowest BCUT2D eigenvalue weighted by molar-refractivity contribution is -0.171. The van der Waals surface area contributed by atoms with E-state index in [-0.39, 0.29) is 5.91 Å². The number of carbonyl (C=O) groups is 1. The first kappa shape index (κ1) is 10.9. The molecule has 2 rings (SSSR count). The lowest BCUT2D eigenvalue weighted by Crippen LogP contribution is -2.61. The van der Waals surface area contributed by atoms with Gasteiger partial charge in [-0.1, -0.05) is 0 Å². The number of piperazine rings is 1. The number of hydrogen-bond acceptors (Lipinski definition) is 4. The minimum absolute atomic E-state index is 0.185. The molecule has 2 aliphatic rings. The van der Waals surface area contributed by atoms with Gasteiger partial charge in [0.05, 0.1) is 13.2 Å². The van der Waals surface area contributed by atoms with Gasteiger partial charge in [-0.15, -0.1) is 0 Å². The number of hydrogen-bond donors (Lipinski definition) is 1. The first-order valence-corrected chi connectivity index (χ1v) is 5.44. The van der Waals surface area contributed by atoms with Gasteiger partial charge >= 0.3 is 0 Å². The number of carbonyl (C=O) groups excluding carboxylic acids is 1. The Morgan fingerprint density at radius 3 is 2.33 bits per heavy atom. The van der Waals surface area contributed by atoms with Gasteiger partial charge in [-0.2, -0.15) is 0 Å². The van der Waals surface area contributed by atoms with Crippen molar-refractivity contribution in [1.82, 2.24) is 9.80 Å². The number of nitrogens with two attached hydrogens (primary N) is 1. The Kier molecular flexibility index (Phi) is 2.95. The van der Waals surface area contributed by atoms with Crippen LogP contribution in [0.2, 0.25) is 0 Å². The summed E-state index contributed by atoms with van der Waals surface area (Å²) in [5.74, 6) is 0.185. The maximum atomic E-state index is 12.2. The largest absolute Gasteiger partial charge is 0.379 e. The summed E-state index contributed by atoms with van der Waals surface area (Å²) in [6.07, 6.45) is 0. The number of rotatable bonds is 2. The number of ether oxygens (including phenoxy) is 1. The van der Waals surface area contributed by atoms with Gasteiger partial charge in [0.2, 0.25) is 5.91 Å². The van der Waals surface area contributed by atoms with Gasteiger partial charge < -0.3 is 20.3 Å². The second-order valence-electron chi connectivity index (χ2n) is 4.57. The first-order chi connectivity index (χ1) is 7.18. The van der Waals surface area contributed by atoms with Crippen LogP contribution in [0.3, 0.4) is 0 Å². The molecule has 0 atom stereocenters. The Bertz CT molecular complexity index is 240. The van der Waals surface area contributed by atoms with Gasteiger partial charge in [-0.3, -0.25) is 4.79 Å². The van der Waals surface area contributed by atoms with Gasteiger partial charge in [0.25, 0.3) is 0 Å². The molecule has 2 N–H and O–H groups in total. The van der Waals surface area contributed by atoms with Crippen LogP contribution >= 0.6 is 0 Å². The zero-order valence-corrected chi connectivity index (χ0v) is 9.24. The fraction of sp³-hybridized carbons (Fsp3) is 0.900. The Morgan fingerprint density at radius 1 is 1.33 bits per heavy atom. The molecule has 0 aliphatic carbocycles. The van der Waals surface area contributed by atoms with Crippen molar-refractivity contribution in [2.45, 2.75) is 0 Å². The maximum Gasteiger partial charge on any atom is 0.234 e. The lowest BCUT2D eigenvalue weighted by atomic mass is 9.84. The molecule has 1 amide bonds. The summed E-state index contributed by atoms with van der Waals surface area (Å²) >= 11 is 0. The highest BCUT2D eigenvalue weighted by Gasteiger charge is 2.47. The van der Waals surface area contributed by atoms with E-state index >= 15 is 0 Å². The molecule has 0 aromatic heterocycles. The molecule has 0 unspecified atom stereocenters. The van der Waals surface area contributed by atoms with Gasteiger partial charge in [0.15, 0.2) is 0 Å². The highest BCUT2D eigenvalue weighted by Crippen LogP contribution is 2.28. The van der Waals surface area contributed by atoms with Crippen LogP contribution in [-0.2, 0) is 9.53 Å². The predicted molar refractivity (Wildman–Crippen MR) is 56.4 cm³/mol. The van der Waals surface area contributed by atoms with E-state index in [1.54, 1.807) is 0 Å². The first-order valence-electron chi connectivity index (χ1n) is 5.44. The van der Waals surface area contributed by atoms with Crippen molar-refractivity contribution in [2.24, 2.45) is 11.1 Å². The van der Waals surface area contributed by atoms with Crippen LogP contribution < -0.4 is 5.73 Å². The zero-order valence-electron chi connectivity index (χ0n) is 9.24. The molecular weight excluding hydrogens is 194 g/mol. The summed E-state index contributed by atoms with van der Waals surface area (Å²) in [5.41, 5.74) is 5.26. The van der Waals surface area contributed by atoms with Gasteiger partial charge in [-0.25, -0.2) is 0 Å². The van der Waals surface area contributed by atoms with Crippen LogP contribution in [0, 0.1) is 5.41 Å². The van der Waals surface area contributed by atoms with E-state index in [0.717, 1.165) is 26.2 Å². The fourth-order valence-electron chi connectivity index (χ4n) is 2.02. The third-order valence-corrected chi connectivity index (χ3v) is 3.39. The number of nitrogens with zero attached hydrogens (tertiary/aromatic N) is 2. The van der Waals surface area contributed by atoms with Crippen molar-refractivity contribution in [1.29, 1.82) is 0 Å². The summed E-state index contributed by atoms with van der Waals surface area (Å²) in [5, 5.41) is 0. The SMILES string of the molecule is CN1CCN(C(=O)C2(CN)COC2)CC1. The summed E-state index contributed by atoms with van der Waals surface area (Å²) in [4.78, 5) is 16.3. The molecule has 0 saturated carbocycles. The second-order valence-corrected chi connectivity index (χ2v) is 4.57. The minimum atomic E-state index is -0.407. The third-order valence-electron chi connectivity index (χ3n) is 3.39. The third kappa shape index (κ3) is 1.87. The molecule has 5 nitrogen and oxygen atoms in total. The lowest BCUT2D eigenvalue weighted by Gasteiger charge is -2.44. The highest BCUT2D eigenvalue weighted by molar-refractivity contribution is 5.84. The van der Waals surface area contributed by atoms with Crippen molar-refractivity contribution >= 4 is 5.91 Å². The van der Waals surface area contributed by atoms with Gasteiger partial charge in [0, 0.05) is 32.7 Å². The van der Waals surface area contributed by atoms with Crippen molar-refractivity contribution in [3.63, 3.8) is 0 Å². The molecule has 0 aromatic carbocycles. The van der Waals surface area contributed by atoms with Crippen LogP contribution in [0.1, 0.15) is 0 Å². The number of amides is 1.